The van der Waals surface area contributed by atoms with Gasteiger partial charge in [0.15, 0.2) is 12.4 Å². The van der Waals surface area contributed by atoms with Gasteiger partial charge in [-0.1, -0.05) is 248 Å². The van der Waals surface area contributed by atoms with E-state index >= 15 is 0 Å². The topological polar surface area (TPSA) is 175 Å². The Hall–Kier alpha value is -2.64. The van der Waals surface area contributed by atoms with Crippen LogP contribution in [0.15, 0.2) is 60.8 Å². The van der Waals surface area contributed by atoms with Crippen LogP contribution in [0.25, 0.3) is 0 Å². The van der Waals surface area contributed by atoms with Gasteiger partial charge in [-0.25, -0.2) is 0 Å². The van der Waals surface area contributed by atoms with Gasteiger partial charge < -0.3 is 45.1 Å². The van der Waals surface area contributed by atoms with E-state index in [-0.39, 0.29) is 19.4 Å². The fourth-order valence-corrected chi connectivity index (χ4v) is 9.44. The van der Waals surface area contributed by atoms with E-state index in [1.807, 2.05) is 18.2 Å². The number of esters is 1. The van der Waals surface area contributed by atoms with Crippen LogP contribution >= 0.6 is 0 Å². The summed E-state index contributed by atoms with van der Waals surface area (Å²) in [5.41, 5.74) is 0. The SMILES string of the molecule is CCCCC/C=C\C/C=C\CCCCCCCCCCCCCCC(O)C(=O)NC(COC1OC(CO)C(O)C(O)C1OC(=O)CC/C=C/C/C=C\CCCCCCCC)C(O)/C=C/CCCCCCCCCCC. The lowest BCUT2D eigenvalue weighted by atomic mass is 9.99. The van der Waals surface area contributed by atoms with Crippen LogP contribution < -0.4 is 5.32 Å². The highest BCUT2D eigenvalue weighted by atomic mass is 16.7. The Labute approximate surface area is 458 Å². The minimum absolute atomic E-state index is 0.0173. The number of nitrogens with one attached hydrogen (secondary N) is 1. The van der Waals surface area contributed by atoms with E-state index in [4.69, 9.17) is 14.2 Å². The van der Waals surface area contributed by atoms with Crippen molar-refractivity contribution in [2.75, 3.05) is 13.2 Å². The molecule has 1 fully saturated rings. The minimum atomic E-state index is -1.64. The lowest BCUT2D eigenvalue weighted by Crippen LogP contribution is -2.61. The lowest BCUT2D eigenvalue weighted by Gasteiger charge is -2.41. The molecule has 1 amide bonds. The number of amides is 1. The number of rotatable bonds is 52. The maximum atomic E-state index is 13.4. The van der Waals surface area contributed by atoms with Crippen LogP contribution in [0.3, 0.4) is 0 Å². The first kappa shape index (κ1) is 70.4. The Kier molecular flexibility index (Phi) is 48.9. The zero-order valence-electron chi connectivity index (χ0n) is 48.2. The fourth-order valence-electron chi connectivity index (χ4n) is 9.44. The first-order valence-corrected chi connectivity index (χ1v) is 31.1. The Morgan fingerprint density at radius 2 is 0.920 bits per heavy atom. The molecule has 0 aliphatic carbocycles. The van der Waals surface area contributed by atoms with E-state index in [2.05, 4.69) is 62.5 Å². The summed E-state index contributed by atoms with van der Waals surface area (Å²) in [7, 11) is 0. The third-order valence-electron chi connectivity index (χ3n) is 14.4. The molecule has 11 heteroatoms. The molecule has 1 rings (SSSR count). The first-order chi connectivity index (χ1) is 36.7. The molecule has 0 saturated carbocycles. The van der Waals surface area contributed by atoms with Gasteiger partial charge in [0.2, 0.25) is 5.91 Å². The van der Waals surface area contributed by atoms with E-state index in [1.54, 1.807) is 6.08 Å². The number of ether oxygens (including phenoxy) is 3. The molecule has 0 aromatic rings. The molecule has 0 radical (unpaired) electrons. The highest BCUT2D eigenvalue weighted by molar-refractivity contribution is 5.80. The summed E-state index contributed by atoms with van der Waals surface area (Å²) in [4.78, 5) is 26.5. The minimum Gasteiger partial charge on any atom is -0.454 e. The first-order valence-electron chi connectivity index (χ1n) is 31.1. The van der Waals surface area contributed by atoms with E-state index < -0.39 is 67.4 Å². The molecule has 0 bridgehead atoms. The highest BCUT2D eigenvalue weighted by Gasteiger charge is 2.47. The Bertz CT molecular complexity index is 1450. The van der Waals surface area contributed by atoms with Gasteiger partial charge in [-0.15, -0.1) is 0 Å². The van der Waals surface area contributed by atoms with Gasteiger partial charge in [-0.2, -0.15) is 0 Å². The summed E-state index contributed by atoms with van der Waals surface area (Å²) in [6.07, 6.45) is 54.3. The summed E-state index contributed by atoms with van der Waals surface area (Å²) in [6, 6.07) is -1.03. The van der Waals surface area contributed by atoms with Crippen molar-refractivity contribution in [1.82, 2.24) is 5.32 Å². The van der Waals surface area contributed by atoms with Crippen molar-refractivity contribution < 1.29 is 49.3 Å². The molecule has 1 heterocycles. The number of unbranched alkanes of at least 4 members (excludes halogenated alkanes) is 30. The van der Waals surface area contributed by atoms with Gasteiger partial charge in [0.1, 0.15) is 24.4 Å². The molecule has 1 aliphatic heterocycles. The predicted octanol–water partition coefficient (Wildman–Crippen LogP) is 14.6. The Balaban J connectivity index is 2.65. The molecule has 11 nitrogen and oxygen atoms in total. The standard InChI is InChI=1S/C64H115NO10/c1-4-7-10-13-16-19-22-24-25-26-27-28-29-30-31-32-34-36-39-42-45-48-51-57(68)63(72)65-55(56(67)50-47-44-41-38-35-21-18-15-12-9-6-3)54-73-64-62(61(71)60(70)58(53-66)74-64)75-59(69)52-49-46-43-40-37-33-23-20-17-14-11-8-5-2/h16,19,24-25,33,37,43,46-47,50,55-58,60-62,64,66-68,70-71H,4-15,17-18,20-23,26-32,34-36,38-42,44-45,48-49,51-54H2,1-3H3,(H,65,72)/b19-16-,25-24-,37-33-,46-43+,50-47+. The van der Waals surface area contributed by atoms with E-state index in [9.17, 15) is 35.1 Å². The third-order valence-corrected chi connectivity index (χ3v) is 14.4. The van der Waals surface area contributed by atoms with Gasteiger partial charge in [0.25, 0.3) is 0 Å². The van der Waals surface area contributed by atoms with Crippen molar-refractivity contribution in [3.05, 3.63) is 60.8 Å². The van der Waals surface area contributed by atoms with Crippen molar-refractivity contribution >= 4 is 11.9 Å². The molecular formula is C64H115NO10. The second kappa shape index (κ2) is 52.1. The molecule has 1 aliphatic rings. The second-order valence-electron chi connectivity index (χ2n) is 21.4. The smallest absolute Gasteiger partial charge is 0.306 e. The van der Waals surface area contributed by atoms with Crippen LogP contribution in [0.4, 0.5) is 0 Å². The summed E-state index contributed by atoms with van der Waals surface area (Å²) in [5, 5.41) is 56.9. The van der Waals surface area contributed by atoms with Gasteiger partial charge in [-0.3, -0.25) is 9.59 Å². The fraction of sp³-hybridized carbons (Fsp3) is 0.812. The molecule has 8 unspecified atom stereocenters. The van der Waals surface area contributed by atoms with Crippen molar-refractivity contribution in [2.24, 2.45) is 0 Å². The average Bonchev–Trinajstić information content (AvgIpc) is 3.41. The van der Waals surface area contributed by atoms with E-state index in [1.165, 1.54) is 167 Å². The molecule has 436 valence electrons. The largest absolute Gasteiger partial charge is 0.454 e. The van der Waals surface area contributed by atoms with Gasteiger partial charge in [0.05, 0.1) is 25.4 Å². The van der Waals surface area contributed by atoms with Gasteiger partial charge in [0, 0.05) is 6.42 Å². The number of carbonyl (C=O) groups excluding carboxylic acids is 2. The maximum Gasteiger partial charge on any atom is 0.306 e. The summed E-state index contributed by atoms with van der Waals surface area (Å²) in [5.74, 6) is -1.26. The number of hydrogen-bond donors (Lipinski definition) is 6. The molecule has 8 atom stereocenters. The number of carbonyl (C=O) groups is 2. The zero-order chi connectivity index (χ0) is 54.7. The van der Waals surface area contributed by atoms with Gasteiger partial charge >= 0.3 is 5.97 Å². The monoisotopic (exact) mass is 1060 g/mol. The number of aliphatic hydroxyl groups is 5. The molecule has 1 saturated heterocycles. The van der Waals surface area contributed by atoms with E-state index in [0.717, 1.165) is 57.8 Å². The number of aliphatic hydroxyl groups excluding tert-OH is 5. The van der Waals surface area contributed by atoms with Crippen LogP contribution in [0, 0.1) is 0 Å². The molecule has 0 aromatic heterocycles. The van der Waals surface area contributed by atoms with Crippen molar-refractivity contribution in [3.8, 4) is 0 Å². The van der Waals surface area contributed by atoms with Gasteiger partial charge in [-0.05, 0) is 77.0 Å². The quantitative estimate of drug-likeness (QED) is 0.0195. The average molecular weight is 1060 g/mol. The van der Waals surface area contributed by atoms with Crippen LogP contribution in [0.2, 0.25) is 0 Å². The normalized spacial score (nSPS) is 19.6. The van der Waals surface area contributed by atoms with Crippen LogP contribution in [-0.2, 0) is 23.8 Å². The Morgan fingerprint density at radius 1 is 0.520 bits per heavy atom. The van der Waals surface area contributed by atoms with Crippen LogP contribution in [-0.4, -0.2) is 99.6 Å². The van der Waals surface area contributed by atoms with Crippen molar-refractivity contribution in [1.29, 1.82) is 0 Å². The molecule has 6 N–H and O–H groups in total. The van der Waals surface area contributed by atoms with Crippen LogP contribution in [0.1, 0.15) is 271 Å². The lowest BCUT2D eigenvalue weighted by molar-refractivity contribution is -0.305. The number of allylic oxidation sites excluding steroid dienone is 9. The van der Waals surface area contributed by atoms with E-state index in [0.29, 0.717) is 12.8 Å². The predicted molar refractivity (Wildman–Crippen MR) is 310 cm³/mol. The highest BCUT2D eigenvalue weighted by Crippen LogP contribution is 2.26. The van der Waals surface area contributed by atoms with Crippen molar-refractivity contribution in [3.63, 3.8) is 0 Å². The molecule has 0 spiro atoms. The second-order valence-corrected chi connectivity index (χ2v) is 21.4. The Morgan fingerprint density at radius 3 is 1.39 bits per heavy atom. The summed E-state index contributed by atoms with van der Waals surface area (Å²) < 4.78 is 17.5. The molecule has 75 heavy (non-hydrogen) atoms. The maximum absolute atomic E-state index is 13.4. The number of hydrogen-bond acceptors (Lipinski definition) is 10. The van der Waals surface area contributed by atoms with Crippen molar-refractivity contribution in [2.45, 2.75) is 320 Å². The summed E-state index contributed by atoms with van der Waals surface area (Å²) >= 11 is 0. The van der Waals surface area contributed by atoms with Crippen LogP contribution in [0.5, 0.6) is 0 Å². The third kappa shape index (κ3) is 40.2. The molecular weight excluding hydrogens is 943 g/mol. The summed E-state index contributed by atoms with van der Waals surface area (Å²) in [6.45, 7) is 5.72. The molecule has 0 aromatic carbocycles. The zero-order valence-corrected chi connectivity index (χ0v) is 48.2.